The van der Waals surface area contributed by atoms with Crippen LogP contribution in [0.4, 0.5) is 0 Å². The third-order valence-corrected chi connectivity index (χ3v) is 10.8. The second-order valence-electron chi connectivity index (χ2n) is 14.2. The molecule has 8 aromatic carbocycles. The fourth-order valence-corrected chi connectivity index (χ4v) is 8.17. The summed E-state index contributed by atoms with van der Waals surface area (Å²) in [5.74, 6) is 1.93. The van der Waals surface area contributed by atoms with E-state index in [4.69, 9.17) is 19.9 Å². The zero-order valence-electron chi connectivity index (χ0n) is 30.8. The van der Waals surface area contributed by atoms with Crippen LogP contribution in [0.5, 0.6) is 0 Å². The third-order valence-electron chi connectivity index (χ3n) is 10.8. The van der Waals surface area contributed by atoms with Gasteiger partial charge in [-0.15, -0.1) is 0 Å². The van der Waals surface area contributed by atoms with Gasteiger partial charge >= 0.3 is 0 Å². The van der Waals surface area contributed by atoms with Crippen LogP contribution in [0.15, 0.2) is 200 Å². The maximum atomic E-state index is 5.35. The van der Waals surface area contributed by atoms with Crippen LogP contribution in [-0.2, 0) is 0 Å². The fourth-order valence-electron chi connectivity index (χ4n) is 8.17. The molecule has 0 spiro atoms. The molecule has 3 aromatic heterocycles. The van der Waals surface area contributed by atoms with Gasteiger partial charge in [-0.25, -0.2) is 19.9 Å². The lowest BCUT2D eigenvalue weighted by Gasteiger charge is -2.13. The Morgan fingerprint density at radius 3 is 1.51 bits per heavy atom. The molecule has 0 saturated heterocycles. The highest BCUT2D eigenvalue weighted by atomic mass is 15.0. The first-order valence-corrected chi connectivity index (χ1v) is 19.1. The Bertz CT molecular complexity index is 3210. The first kappa shape index (κ1) is 32.7. The van der Waals surface area contributed by atoms with E-state index in [0.717, 1.165) is 61.1 Å². The van der Waals surface area contributed by atoms with Gasteiger partial charge in [0.2, 0.25) is 0 Å². The highest BCUT2D eigenvalue weighted by Gasteiger charge is 2.20. The predicted molar refractivity (Wildman–Crippen MR) is 234 cm³/mol. The Balaban J connectivity index is 1.04. The Hall–Kier alpha value is -7.76. The lowest BCUT2D eigenvalue weighted by Crippen LogP contribution is -2.00. The summed E-state index contributed by atoms with van der Waals surface area (Å²) < 4.78 is 2.38. The molecule has 0 N–H and O–H groups in total. The van der Waals surface area contributed by atoms with E-state index >= 15 is 0 Å². The molecule has 0 bridgehead atoms. The van der Waals surface area contributed by atoms with E-state index in [2.05, 4.69) is 144 Å². The highest BCUT2D eigenvalue weighted by Crippen LogP contribution is 2.42. The second-order valence-corrected chi connectivity index (χ2v) is 14.2. The van der Waals surface area contributed by atoms with Crippen molar-refractivity contribution in [2.24, 2.45) is 0 Å². The quantitative estimate of drug-likeness (QED) is 0.160. The zero-order chi connectivity index (χ0) is 37.7. The molecule has 0 unspecified atom stereocenters. The summed E-state index contributed by atoms with van der Waals surface area (Å²) in [4.78, 5) is 20.1. The second kappa shape index (κ2) is 13.5. The number of nitrogens with zero attached hydrogens (tertiary/aromatic N) is 5. The van der Waals surface area contributed by atoms with Gasteiger partial charge in [-0.1, -0.05) is 164 Å². The minimum atomic E-state index is 0.634. The minimum Gasteiger partial charge on any atom is -0.309 e. The van der Waals surface area contributed by atoms with Gasteiger partial charge < -0.3 is 4.57 Å². The van der Waals surface area contributed by atoms with E-state index < -0.39 is 0 Å². The summed E-state index contributed by atoms with van der Waals surface area (Å²) in [5.41, 5.74) is 11.5. The first-order chi connectivity index (χ1) is 28.3. The van der Waals surface area contributed by atoms with Crippen LogP contribution in [0.2, 0.25) is 0 Å². The fraction of sp³-hybridized carbons (Fsp3) is 0. The van der Waals surface area contributed by atoms with Gasteiger partial charge in [0.25, 0.3) is 0 Å². The third kappa shape index (κ3) is 5.64. The SMILES string of the molecule is c1ccc(-c2nc(-c3ccccc3)nc(-c3ccc(-c4cccc(-c5nc6ccccc6c6c5ccc5c6c6ccccc6n5-c5ccccc5)c4)cc3)n2)cc1. The van der Waals surface area contributed by atoms with E-state index in [9.17, 15) is 0 Å². The number of para-hydroxylation sites is 3. The lowest BCUT2D eigenvalue weighted by atomic mass is 9.94. The predicted octanol–water partition coefficient (Wildman–Crippen LogP) is 13.0. The molecule has 0 aliphatic rings. The zero-order valence-corrected chi connectivity index (χ0v) is 30.8. The van der Waals surface area contributed by atoms with Crippen molar-refractivity contribution in [2.75, 3.05) is 0 Å². The molecule has 266 valence electrons. The summed E-state index contributed by atoms with van der Waals surface area (Å²) in [5, 5.41) is 5.96. The van der Waals surface area contributed by atoms with Crippen molar-refractivity contribution < 1.29 is 0 Å². The summed E-state index contributed by atoms with van der Waals surface area (Å²) in [6.45, 7) is 0. The maximum Gasteiger partial charge on any atom is 0.164 e. The number of pyridine rings is 1. The highest BCUT2D eigenvalue weighted by molar-refractivity contribution is 6.29. The van der Waals surface area contributed by atoms with Gasteiger partial charge in [0.05, 0.1) is 22.2 Å². The molecule has 0 aliphatic carbocycles. The average molecular weight is 728 g/mol. The van der Waals surface area contributed by atoms with Crippen molar-refractivity contribution >= 4 is 43.5 Å². The molecule has 0 amide bonds. The van der Waals surface area contributed by atoms with Crippen molar-refractivity contribution in [1.29, 1.82) is 0 Å². The van der Waals surface area contributed by atoms with Crippen molar-refractivity contribution in [1.82, 2.24) is 24.5 Å². The van der Waals surface area contributed by atoms with Crippen molar-refractivity contribution in [3.05, 3.63) is 200 Å². The number of hydrogen-bond donors (Lipinski definition) is 0. The average Bonchev–Trinajstić information content (AvgIpc) is 3.64. The molecule has 5 heteroatoms. The number of benzene rings is 8. The molecule has 0 atom stereocenters. The molecule has 11 rings (SSSR count). The summed E-state index contributed by atoms with van der Waals surface area (Å²) in [6, 6.07) is 69.8. The molecule has 57 heavy (non-hydrogen) atoms. The topological polar surface area (TPSA) is 56.5 Å². The van der Waals surface area contributed by atoms with Gasteiger partial charge in [-0.2, -0.15) is 0 Å². The standard InChI is InChI=1S/C52H33N5/c1-4-15-35(16-5-1)50-54-51(36-17-6-2-7-18-36)56-52(55-50)37-29-27-34(28-30-37)38-19-14-20-39(33-38)49-43-31-32-46-48(47(43)41-23-10-12-25-44(41)53-49)42-24-11-13-26-45(42)57(46)40-21-8-3-9-22-40/h1-33H. The van der Waals surface area contributed by atoms with Gasteiger partial charge in [0, 0.05) is 54.9 Å². The van der Waals surface area contributed by atoms with Crippen LogP contribution in [0.1, 0.15) is 0 Å². The van der Waals surface area contributed by atoms with Crippen LogP contribution in [0.25, 0.3) is 106 Å². The molecule has 0 saturated carbocycles. The van der Waals surface area contributed by atoms with Crippen LogP contribution in [-0.4, -0.2) is 24.5 Å². The summed E-state index contributed by atoms with van der Waals surface area (Å²) in [7, 11) is 0. The van der Waals surface area contributed by atoms with E-state index in [0.29, 0.717) is 17.5 Å². The molecular formula is C52H33N5. The minimum absolute atomic E-state index is 0.634. The van der Waals surface area contributed by atoms with E-state index in [1.807, 2.05) is 60.7 Å². The maximum absolute atomic E-state index is 5.35. The van der Waals surface area contributed by atoms with Crippen LogP contribution in [0, 0.1) is 0 Å². The number of hydrogen-bond acceptors (Lipinski definition) is 4. The Morgan fingerprint density at radius 2 is 0.825 bits per heavy atom. The molecule has 0 fully saturated rings. The van der Waals surface area contributed by atoms with Crippen LogP contribution >= 0.6 is 0 Å². The number of rotatable bonds is 6. The van der Waals surface area contributed by atoms with Crippen LogP contribution < -0.4 is 0 Å². The molecule has 5 nitrogen and oxygen atoms in total. The smallest absolute Gasteiger partial charge is 0.164 e. The molecule has 11 aromatic rings. The molecule has 3 heterocycles. The van der Waals surface area contributed by atoms with E-state index in [1.165, 1.54) is 27.2 Å². The van der Waals surface area contributed by atoms with E-state index in [1.54, 1.807) is 0 Å². The summed E-state index contributed by atoms with van der Waals surface area (Å²) >= 11 is 0. The first-order valence-electron chi connectivity index (χ1n) is 19.1. The molecule has 0 radical (unpaired) electrons. The molecular weight excluding hydrogens is 695 g/mol. The molecule has 0 aliphatic heterocycles. The van der Waals surface area contributed by atoms with Gasteiger partial charge in [0.15, 0.2) is 17.5 Å². The number of fused-ring (bicyclic) bond motifs is 7. The summed E-state index contributed by atoms with van der Waals surface area (Å²) in [6.07, 6.45) is 0. The van der Waals surface area contributed by atoms with E-state index in [-0.39, 0.29) is 0 Å². The van der Waals surface area contributed by atoms with Gasteiger partial charge in [-0.05, 0) is 47.5 Å². The monoisotopic (exact) mass is 727 g/mol. The lowest BCUT2D eigenvalue weighted by molar-refractivity contribution is 1.07. The van der Waals surface area contributed by atoms with Crippen molar-refractivity contribution in [2.45, 2.75) is 0 Å². The normalized spacial score (nSPS) is 11.5. The van der Waals surface area contributed by atoms with Crippen LogP contribution in [0.3, 0.4) is 0 Å². The Morgan fingerprint density at radius 1 is 0.298 bits per heavy atom. The van der Waals surface area contributed by atoms with Gasteiger partial charge in [-0.3, -0.25) is 0 Å². The Labute approximate surface area is 329 Å². The van der Waals surface area contributed by atoms with Crippen molar-refractivity contribution in [3.8, 4) is 62.2 Å². The largest absolute Gasteiger partial charge is 0.309 e. The Kier molecular flexibility index (Phi) is 7.74. The van der Waals surface area contributed by atoms with Crippen molar-refractivity contribution in [3.63, 3.8) is 0 Å². The number of aromatic nitrogens is 5. The van der Waals surface area contributed by atoms with Gasteiger partial charge in [0.1, 0.15) is 0 Å².